The number of nitrogens with one attached hydrogen (secondary N) is 3. The molecule has 3 unspecified atom stereocenters. The summed E-state index contributed by atoms with van der Waals surface area (Å²) in [6, 6.07) is 12.2. The van der Waals surface area contributed by atoms with Crippen molar-refractivity contribution in [3.63, 3.8) is 0 Å². The predicted molar refractivity (Wildman–Crippen MR) is 108 cm³/mol. The molecule has 3 N–H and O–H groups in total. The summed E-state index contributed by atoms with van der Waals surface area (Å²) in [6.45, 7) is 1.75. The highest BCUT2D eigenvalue weighted by atomic mass is 35.5. The van der Waals surface area contributed by atoms with Crippen molar-refractivity contribution in [3.05, 3.63) is 63.7 Å². The Bertz CT molecular complexity index is 906. The van der Waals surface area contributed by atoms with Crippen molar-refractivity contribution in [2.75, 3.05) is 25.1 Å². The van der Waals surface area contributed by atoms with Crippen molar-refractivity contribution >= 4 is 23.7 Å². The van der Waals surface area contributed by atoms with Crippen LogP contribution in [0.5, 0.6) is 0 Å². The number of hydrogen-bond donors (Lipinski definition) is 3. The number of nitrogens with zero attached hydrogens (tertiary/aromatic N) is 1. The molecule has 1 saturated heterocycles. The smallest absolute Gasteiger partial charge is 0.210 e. The van der Waals surface area contributed by atoms with E-state index in [0.717, 1.165) is 24.9 Å². The Labute approximate surface area is 169 Å². The molecule has 1 amide bonds. The number of ether oxygens (including phenoxy) is 1. The van der Waals surface area contributed by atoms with Gasteiger partial charge >= 0.3 is 0 Å². The van der Waals surface area contributed by atoms with E-state index in [4.69, 9.17) is 16.3 Å². The maximum atomic E-state index is 11.6. The molecule has 2 aromatic carbocycles. The lowest BCUT2D eigenvalue weighted by atomic mass is 9.78. The third-order valence-corrected chi connectivity index (χ3v) is 6.21. The molecular formula is C21H23ClN4O2. The minimum Gasteiger partial charge on any atom is -0.377 e. The van der Waals surface area contributed by atoms with Crippen molar-refractivity contribution in [2.45, 2.75) is 31.1 Å². The molecule has 0 saturated carbocycles. The van der Waals surface area contributed by atoms with Gasteiger partial charge in [-0.2, -0.15) is 0 Å². The van der Waals surface area contributed by atoms with E-state index in [0.29, 0.717) is 24.8 Å². The van der Waals surface area contributed by atoms with Crippen LogP contribution in [0.1, 0.15) is 34.5 Å². The van der Waals surface area contributed by atoms with Crippen LogP contribution in [0.2, 0.25) is 5.02 Å². The zero-order chi connectivity index (χ0) is 19.1. The summed E-state index contributed by atoms with van der Waals surface area (Å²) in [7, 11) is 0. The number of fused-ring (bicyclic) bond motifs is 2. The fourth-order valence-corrected chi connectivity index (χ4v) is 4.84. The molecule has 2 aromatic rings. The second-order valence-corrected chi connectivity index (χ2v) is 7.99. The first kappa shape index (κ1) is 17.9. The molecule has 2 bridgehead atoms. The number of rotatable bonds is 4. The van der Waals surface area contributed by atoms with Crippen LogP contribution < -0.4 is 16.2 Å². The number of carbonyl (C=O) groups is 1. The highest BCUT2D eigenvalue weighted by Gasteiger charge is 2.40. The van der Waals surface area contributed by atoms with Crippen LogP contribution in [0.4, 0.5) is 5.69 Å². The van der Waals surface area contributed by atoms with E-state index in [1.807, 2.05) is 29.2 Å². The van der Waals surface area contributed by atoms with E-state index in [-0.39, 0.29) is 18.2 Å². The van der Waals surface area contributed by atoms with Crippen LogP contribution in [0.25, 0.3) is 0 Å². The zero-order valence-electron chi connectivity index (χ0n) is 15.5. The molecule has 7 heteroatoms. The molecule has 146 valence electrons. The van der Waals surface area contributed by atoms with Gasteiger partial charge in [-0.1, -0.05) is 29.8 Å². The molecular weight excluding hydrogens is 376 g/mol. The highest BCUT2D eigenvalue weighted by Crippen LogP contribution is 2.40. The number of hydrazine groups is 1. The molecule has 2 heterocycles. The quantitative estimate of drug-likeness (QED) is 0.691. The van der Waals surface area contributed by atoms with Gasteiger partial charge in [-0.15, -0.1) is 0 Å². The van der Waals surface area contributed by atoms with Gasteiger partial charge in [0.15, 0.2) is 0 Å². The average Bonchev–Trinajstić information content (AvgIpc) is 2.75. The molecule has 3 atom stereocenters. The van der Waals surface area contributed by atoms with Crippen LogP contribution in [-0.2, 0) is 22.4 Å². The second kappa shape index (κ2) is 7.37. The SMILES string of the molecule is O=CN1CCOCC1C1NNC(Nc2cccc(Cl)c2)c2c3ccc(c21)CC3. The summed E-state index contributed by atoms with van der Waals surface area (Å²) >= 11 is 6.16. The highest BCUT2D eigenvalue weighted by molar-refractivity contribution is 6.30. The molecule has 28 heavy (non-hydrogen) atoms. The molecule has 6 nitrogen and oxygen atoms in total. The molecule has 6 rings (SSSR count). The lowest BCUT2D eigenvalue weighted by Gasteiger charge is -2.45. The van der Waals surface area contributed by atoms with Crippen LogP contribution in [-0.4, -0.2) is 37.1 Å². The molecule has 1 fully saturated rings. The Morgan fingerprint density at radius 1 is 1.14 bits per heavy atom. The van der Waals surface area contributed by atoms with Gasteiger partial charge in [0.1, 0.15) is 6.17 Å². The summed E-state index contributed by atoms with van der Waals surface area (Å²) in [4.78, 5) is 13.5. The van der Waals surface area contributed by atoms with E-state index < -0.39 is 0 Å². The fraction of sp³-hybridized carbons (Fsp3) is 0.381. The number of carbonyl (C=O) groups excluding carboxylic acids is 1. The Balaban J connectivity index is 1.52. The Morgan fingerprint density at radius 2 is 1.96 bits per heavy atom. The minimum absolute atomic E-state index is 0.00633. The van der Waals surface area contributed by atoms with Gasteiger partial charge in [-0.25, -0.2) is 10.9 Å². The first-order valence-corrected chi connectivity index (χ1v) is 10.1. The predicted octanol–water partition coefficient (Wildman–Crippen LogP) is 2.56. The molecule has 0 spiro atoms. The number of benzene rings is 2. The second-order valence-electron chi connectivity index (χ2n) is 7.55. The van der Waals surface area contributed by atoms with Gasteiger partial charge < -0.3 is 15.0 Å². The Morgan fingerprint density at radius 3 is 2.71 bits per heavy atom. The summed E-state index contributed by atoms with van der Waals surface area (Å²) in [6.07, 6.45) is 2.96. The maximum absolute atomic E-state index is 11.6. The number of amides is 1. The van der Waals surface area contributed by atoms with Gasteiger partial charge in [-0.05, 0) is 53.3 Å². The number of anilines is 1. The first-order valence-electron chi connectivity index (χ1n) is 9.71. The van der Waals surface area contributed by atoms with Crippen molar-refractivity contribution < 1.29 is 9.53 Å². The molecule has 0 radical (unpaired) electrons. The topological polar surface area (TPSA) is 65.6 Å². The average molecular weight is 399 g/mol. The van der Waals surface area contributed by atoms with Crippen LogP contribution >= 0.6 is 11.6 Å². The Hall–Kier alpha value is -2.12. The first-order chi connectivity index (χ1) is 13.7. The normalized spacial score (nSPS) is 26.0. The minimum atomic E-state index is -0.0749. The summed E-state index contributed by atoms with van der Waals surface area (Å²) in [5, 5.41) is 4.26. The van der Waals surface area contributed by atoms with Gasteiger partial charge in [-0.3, -0.25) is 4.79 Å². The van der Waals surface area contributed by atoms with Gasteiger partial charge in [0.05, 0.1) is 25.3 Å². The van der Waals surface area contributed by atoms with Crippen molar-refractivity contribution in [3.8, 4) is 0 Å². The zero-order valence-corrected chi connectivity index (χ0v) is 16.2. The standard InChI is InChI=1S/C21H23ClN4O2/c22-15-2-1-3-16(10-15)23-21-19-14-6-4-13(5-7-14)18(19)20(24-25-21)17-11-28-9-8-26(17)12-27/h1-4,6,10,12,17,20-21,23-25H,5,7-9,11H2. The van der Waals surface area contributed by atoms with Gasteiger partial charge in [0, 0.05) is 17.3 Å². The lowest BCUT2D eigenvalue weighted by molar-refractivity contribution is -0.128. The van der Waals surface area contributed by atoms with Crippen molar-refractivity contribution in [1.29, 1.82) is 0 Å². The van der Waals surface area contributed by atoms with E-state index >= 15 is 0 Å². The van der Waals surface area contributed by atoms with Crippen LogP contribution in [0.15, 0.2) is 36.4 Å². The van der Waals surface area contributed by atoms with E-state index in [1.54, 1.807) is 0 Å². The monoisotopic (exact) mass is 398 g/mol. The fourth-order valence-electron chi connectivity index (χ4n) is 4.65. The van der Waals surface area contributed by atoms with Gasteiger partial charge in [0.25, 0.3) is 0 Å². The summed E-state index contributed by atoms with van der Waals surface area (Å²) < 4.78 is 5.71. The van der Waals surface area contributed by atoms with E-state index in [1.165, 1.54) is 22.3 Å². The van der Waals surface area contributed by atoms with E-state index in [9.17, 15) is 4.79 Å². The van der Waals surface area contributed by atoms with Crippen LogP contribution in [0.3, 0.4) is 0 Å². The summed E-state index contributed by atoms with van der Waals surface area (Å²) in [5.41, 5.74) is 13.1. The molecule has 0 aromatic heterocycles. The number of halogens is 1. The Kier molecular flexibility index (Phi) is 4.72. The maximum Gasteiger partial charge on any atom is 0.210 e. The lowest BCUT2D eigenvalue weighted by Crippen LogP contribution is -2.58. The number of aryl methyl sites for hydroxylation is 2. The van der Waals surface area contributed by atoms with Gasteiger partial charge in [0.2, 0.25) is 6.41 Å². The molecule has 2 aliphatic heterocycles. The molecule has 4 aliphatic rings. The third-order valence-electron chi connectivity index (χ3n) is 5.98. The van der Waals surface area contributed by atoms with Crippen molar-refractivity contribution in [2.24, 2.45) is 0 Å². The van der Waals surface area contributed by atoms with E-state index in [2.05, 4.69) is 28.3 Å². The number of hydrogen-bond acceptors (Lipinski definition) is 5. The largest absolute Gasteiger partial charge is 0.377 e. The summed E-state index contributed by atoms with van der Waals surface area (Å²) in [5.74, 6) is 0. The third kappa shape index (κ3) is 3.06. The molecule has 2 aliphatic carbocycles. The number of morpholine rings is 1. The van der Waals surface area contributed by atoms with Crippen molar-refractivity contribution in [1.82, 2.24) is 15.8 Å². The van der Waals surface area contributed by atoms with Crippen LogP contribution in [0, 0.1) is 0 Å².